The lowest BCUT2D eigenvalue weighted by Crippen LogP contribution is -2.08. The number of pyridine rings is 1. The molecule has 2 aromatic heterocycles. The van der Waals surface area contributed by atoms with Crippen LogP contribution < -0.4 is 0 Å². The molecule has 0 aliphatic heterocycles. The predicted molar refractivity (Wildman–Crippen MR) is 82.4 cm³/mol. The molecule has 0 bridgehead atoms. The summed E-state index contributed by atoms with van der Waals surface area (Å²) in [6.45, 7) is 0. The SMILES string of the molecule is CS(=O)(=O)Cc1oc2ccccc2c1C(=O)c1ccccn1. The summed E-state index contributed by atoms with van der Waals surface area (Å²) in [7, 11) is -3.33. The average Bonchev–Trinajstić information content (AvgIpc) is 2.83. The minimum Gasteiger partial charge on any atom is -0.459 e. The zero-order chi connectivity index (χ0) is 15.7. The molecule has 1 aromatic carbocycles. The van der Waals surface area contributed by atoms with Crippen LogP contribution in [0.25, 0.3) is 11.0 Å². The first-order valence-electron chi connectivity index (χ1n) is 6.59. The van der Waals surface area contributed by atoms with Gasteiger partial charge < -0.3 is 4.42 Å². The zero-order valence-corrected chi connectivity index (χ0v) is 12.6. The van der Waals surface area contributed by atoms with Crippen LogP contribution >= 0.6 is 0 Å². The van der Waals surface area contributed by atoms with Gasteiger partial charge in [-0.25, -0.2) is 8.42 Å². The van der Waals surface area contributed by atoms with Gasteiger partial charge in [-0.1, -0.05) is 24.3 Å². The second-order valence-corrected chi connectivity index (χ2v) is 7.15. The number of ketones is 1. The number of sulfone groups is 1. The van der Waals surface area contributed by atoms with Gasteiger partial charge in [-0.2, -0.15) is 0 Å². The molecule has 0 amide bonds. The lowest BCUT2D eigenvalue weighted by atomic mass is 10.0. The van der Waals surface area contributed by atoms with Crippen LogP contribution in [0.2, 0.25) is 0 Å². The summed E-state index contributed by atoms with van der Waals surface area (Å²) >= 11 is 0. The van der Waals surface area contributed by atoms with E-state index in [4.69, 9.17) is 4.42 Å². The fourth-order valence-electron chi connectivity index (χ4n) is 2.31. The molecule has 112 valence electrons. The van der Waals surface area contributed by atoms with Crippen LogP contribution in [0.5, 0.6) is 0 Å². The molecule has 0 aliphatic carbocycles. The van der Waals surface area contributed by atoms with Gasteiger partial charge in [-0.05, 0) is 18.2 Å². The molecular formula is C16H13NO4S. The molecule has 0 fully saturated rings. The average molecular weight is 315 g/mol. The van der Waals surface area contributed by atoms with Crippen molar-refractivity contribution in [3.05, 3.63) is 65.7 Å². The van der Waals surface area contributed by atoms with E-state index in [1.165, 1.54) is 6.20 Å². The fourth-order valence-corrected chi connectivity index (χ4v) is 2.99. The number of para-hydroxylation sites is 1. The van der Waals surface area contributed by atoms with Crippen molar-refractivity contribution in [2.45, 2.75) is 5.75 Å². The molecule has 3 aromatic rings. The van der Waals surface area contributed by atoms with Crippen molar-refractivity contribution in [3.63, 3.8) is 0 Å². The number of rotatable bonds is 4. The number of nitrogens with zero attached hydrogens (tertiary/aromatic N) is 1. The van der Waals surface area contributed by atoms with Crippen molar-refractivity contribution in [1.82, 2.24) is 4.98 Å². The fraction of sp³-hybridized carbons (Fsp3) is 0.125. The lowest BCUT2D eigenvalue weighted by Gasteiger charge is -2.01. The summed E-state index contributed by atoms with van der Waals surface area (Å²) in [4.78, 5) is 16.7. The van der Waals surface area contributed by atoms with Crippen molar-refractivity contribution in [2.24, 2.45) is 0 Å². The van der Waals surface area contributed by atoms with Gasteiger partial charge in [0.05, 0.1) is 5.56 Å². The Labute approximate surface area is 127 Å². The first-order valence-corrected chi connectivity index (χ1v) is 8.65. The van der Waals surface area contributed by atoms with Crippen LogP contribution in [0.4, 0.5) is 0 Å². The van der Waals surface area contributed by atoms with Gasteiger partial charge in [0.2, 0.25) is 5.78 Å². The Morgan fingerprint density at radius 2 is 1.86 bits per heavy atom. The number of carbonyl (C=O) groups is 1. The van der Waals surface area contributed by atoms with E-state index in [0.29, 0.717) is 11.0 Å². The van der Waals surface area contributed by atoms with E-state index in [0.717, 1.165) is 6.26 Å². The molecule has 0 atom stereocenters. The predicted octanol–water partition coefficient (Wildman–Crippen LogP) is 2.60. The molecule has 0 aliphatic rings. The normalized spacial score (nSPS) is 11.7. The maximum absolute atomic E-state index is 12.7. The smallest absolute Gasteiger partial charge is 0.215 e. The Kier molecular flexibility index (Phi) is 3.54. The maximum atomic E-state index is 12.7. The monoisotopic (exact) mass is 315 g/mol. The molecule has 0 spiro atoms. The van der Waals surface area contributed by atoms with Crippen LogP contribution in [0.3, 0.4) is 0 Å². The first-order chi connectivity index (χ1) is 10.5. The molecule has 3 rings (SSSR count). The third-order valence-corrected chi connectivity index (χ3v) is 3.97. The molecule has 5 nitrogen and oxygen atoms in total. The Hall–Kier alpha value is -2.47. The van der Waals surface area contributed by atoms with Gasteiger partial charge in [-0.3, -0.25) is 9.78 Å². The second-order valence-electron chi connectivity index (χ2n) is 5.01. The van der Waals surface area contributed by atoms with Crippen molar-refractivity contribution >= 4 is 26.6 Å². The number of hydrogen-bond acceptors (Lipinski definition) is 5. The summed E-state index contributed by atoms with van der Waals surface area (Å²) in [6.07, 6.45) is 2.63. The molecule has 22 heavy (non-hydrogen) atoms. The molecule has 2 heterocycles. The number of hydrogen-bond donors (Lipinski definition) is 0. The summed E-state index contributed by atoms with van der Waals surface area (Å²) < 4.78 is 28.8. The molecule has 6 heteroatoms. The Morgan fingerprint density at radius 1 is 1.14 bits per heavy atom. The Balaban J connectivity index is 2.22. The Bertz CT molecular complexity index is 943. The van der Waals surface area contributed by atoms with Crippen LogP contribution in [-0.2, 0) is 15.6 Å². The van der Waals surface area contributed by atoms with Gasteiger partial charge in [0.1, 0.15) is 22.8 Å². The highest BCUT2D eigenvalue weighted by atomic mass is 32.2. The lowest BCUT2D eigenvalue weighted by molar-refractivity contribution is 0.103. The van der Waals surface area contributed by atoms with E-state index in [1.54, 1.807) is 42.5 Å². The van der Waals surface area contributed by atoms with Gasteiger partial charge in [0, 0.05) is 17.8 Å². The minimum absolute atomic E-state index is 0.152. The van der Waals surface area contributed by atoms with E-state index >= 15 is 0 Å². The topological polar surface area (TPSA) is 77.2 Å². The number of aromatic nitrogens is 1. The summed E-state index contributed by atoms with van der Waals surface area (Å²) in [5.41, 5.74) is 1.00. The van der Waals surface area contributed by atoms with Crippen LogP contribution in [0, 0.1) is 0 Å². The standard InChI is InChI=1S/C16H13NO4S/c1-22(19,20)10-14-15(11-6-2-3-8-13(11)21-14)16(18)12-7-4-5-9-17-12/h2-9H,10H2,1H3. The highest BCUT2D eigenvalue weighted by Gasteiger charge is 2.24. The number of benzene rings is 1. The van der Waals surface area contributed by atoms with Crippen molar-refractivity contribution in [3.8, 4) is 0 Å². The quantitative estimate of drug-likeness (QED) is 0.692. The van der Waals surface area contributed by atoms with E-state index < -0.39 is 9.84 Å². The van der Waals surface area contributed by atoms with Crippen molar-refractivity contribution < 1.29 is 17.6 Å². The largest absolute Gasteiger partial charge is 0.459 e. The van der Waals surface area contributed by atoms with Crippen molar-refractivity contribution in [2.75, 3.05) is 6.26 Å². The summed E-state index contributed by atoms with van der Waals surface area (Å²) in [5.74, 6) is -0.515. The maximum Gasteiger partial charge on any atom is 0.215 e. The van der Waals surface area contributed by atoms with E-state index in [2.05, 4.69) is 4.98 Å². The van der Waals surface area contributed by atoms with Gasteiger partial charge in [0.25, 0.3) is 0 Å². The third kappa shape index (κ3) is 2.78. The Morgan fingerprint density at radius 3 is 2.55 bits per heavy atom. The number of fused-ring (bicyclic) bond motifs is 1. The third-order valence-electron chi connectivity index (χ3n) is 3.19. The molecule has 0 saturated heterocycles. The van der Waals surface area contributed by atoms with E-state index in [-0.39, 0.29) is 28.6 Å². The molecular weight excluding hydrogens is 302 g/mol. The highest BCUT2D eigenvalue weighted by Crippen LogP contribution is 2.29. The van der Waals surface area contributed by atoms with E-state index in [9.17, 15) is 13.2 Å². The summed E-state index contributed by atoms with van der Waals surface area (Å²) in [6, 6.07) is 12.0. The molecule has 0 saturated carbocycles. The van der Waals surface area contributed by atoms with E-state index in [1.807, 2.05) is 0 Å². The van der Waals surface area contributed by atoms with Crippen LogP contribution in [0.15, 0.2) is 53.1 Å². The van der Waals surface area contributed by atoms with Crippen LogP contribution in [-0.4, -0.2) is 25.4 Å². The summed E-state index contributed by atoms with van der Waals surface area (Å²) in [5, 5.41) is 0.594. The second kappa shape index (κ2) is 5.38. The molecule has 0 unspecified atom stereocenters. The van der Waals surface area contributed by atoms with Gasteiger partial charge in [-0.15, -0.1) is 0 Å². The number of carbonyl (C=O) groups excluding carboxylic acids is 1. The number of furan rings is 1. The van der Waals surface area contributed by atoms with Crippen LogP contribution in [0.1, 0.15) is 21.8 Å². The molecule has 0 radical (unpaired) electrons. The first kappa shape index (κ1) is 14.5. The minimum atomic E-state index is -3.33. The highest BCUT2D eigenvalue weighted by molar-refractivity contribution is 7.89. The molecule has 0 N–H and O–H groups in total. The van der Waals surface area contributed by atoms with Gasteiger partial charge in [0.15, 0.2) is 9.84 Å². The van der Waals surface area contributed by atoms with Gasteiger partial charge >= 0.3 is 0 Å². The zero-order valence-electron chi connectivity index (χ0n) is 11.8. The van der Waals surface area contributed by atoms with Crippen molar-refractivity contribution in [1.29, 1.82) is 0 Å².